The van der Waals surface area contributed by atoms with Gasteiger partial charge in [-0.25, -0.2) is 0 Å². The van der Waals surface area contributed by atoms with E-state index in [-0.39, 0.29) is 5.60 Å². The standard InChI is InChI=1S/C17H25ClN2O/c1-17(21-2)9-4-10-20(12-17)16-6-3-5-15(18)14(16)11-19-13-7-8-13/h3,5-6,13,19H,4,7-12H2,1-2H3. The number of ether oxygens (including phenoxy) is 1. The van der Waals surface area contributed by atoms with Gasteiger partial charge in [-0.1, -0.05) is 17.7 Å². The van der Waals surface area contributed by atoms with Crippen LogP contribution in [0.15, 0.2) is 18.2 Å². The normalized spacial score (nSPS) is 26.1. The quantitative estimate of drug-likeness (QED) is 0.899. The zero-order valence-electron chi connectivity index (χ0n) is 13.0. The van der Waals surface area contributed by atoms with E-state index in [9.17, 15) is 0 Å². The summed E-state index contributed by atoms with van der Waals surface area (Å²) in [6.45, 7) is 5.07. The van der Waals surface area contributed by atoms with E-state index in [0.717, 1.165) is 37.5 Å². The second-order valence-corrected chi connectivity index (χ2v) is 6.98. The molecule has 3 nitrogen and oxygen atoms in total. The number of rotatable bonds is 5. The second kappa shape index (κ2) is 6.15. The average Bonchev–Trinajstić information content (AvgIpc) is 3.30. The number of methoxy groups -OCH3 is 1. The molecule has 1 aliphatic carbocycles. The van der Waals surface area contributed by atoms with Gasteiger partial charge in [0.15, 0.2) is 0 Å². The molecule has 1 atom stereocenters. The van der Waals surface area contributed by atoms with Gasteiger partial charge in [-0.15, -0.1) is 0 Å². The Morgan fingerprint density at radius 3 is 2.95 bits per heavy atom. The van der Waals surface area contributed by atoms with Crippen molar-refractivity contribution >= 4 is 17.3 Å². The number of nitrogens with zero attached hydrogens (tertiary/aromatic N) is 1. The Kier molecular flexibility index (Phi) is 4.43. The molecule has 0 bridgehead atoms. The van der Waals surface area contributed by atoms with Crippen LogP contribution >= 0.6 is 11.6 Å². The molecule has 3 rings (SSSR count). The van der Waals surface area contributed by atoms with E-state index in [0.29, 0.717) is 6.04 Å². The average molecular weight is 309 g/mol. The summed E-state index contributed by atoms with van der Waals surface area (Å²) in [6.07, 6.45) is 4.87. The summed E-state index contributed by atoms with van der Waals surface area (Å²) in [5.41, 5.74) is 2.44. The predicted molar refractivity (Wildman–Crippen MR) is 88.2 cm³/mol. The molecule has 2 aliphatic rings. The second-order valence-electron chi connectivity index (χ2n) is 6.57. The highest BCUT2D eigenvalue weighted by Crippen LogP contribution is 2.33. The molecule has 116 valence electrons. The first-order chi connectivity index (χ1) is 10.1. The number of benzene rings is 1. The zero-order chi connectivity index (χ0) is 14.9. The molecule has 4 heteroatoms. The van der Waals surface area contributed by atoms with Gasteiger partial charge in [0.1, 0.15) is 0 Å². The maximum Gasteiger partial charge on any atom is 0.0825 e. The first kappa shape index (κ1) is 15.1. The lowest BCUT2D eigenvalue weighted by Crippen LogP contribution is -2.47. The van der Waals surface area contributed by atoms with Gasteiger partial charge >= 0.3 is 0 Å². The monoisotopic (exact) mass is 308 g/mol. The molecule has 1 heterocycles. The van der Waals surface area contributed by atoms with Gasteiger partial charge in [-0.3, -0.25) is 0 Å². The van der Waals surface area contributed by atoms with Crippen LogP contribution in [-0.4, -0.2) is 31.8 Å². The van der Waals surface area contributed by atoms with Gasteiger partial charge in [0.2, 0.25) is 0 Å². The number of nitrogens with one attached hydrogen (secondary N) is 1. The molecule has 1 N–H and O–H groups in total. The van der Waals surface area contributed by atoms with Crippen LogP contribution in [-0.2, 0) is 11.3 Å². The number of hydrogen-bond acceptors (Lipinski definition) is 3. The van der Waals surface area contributed by atoms with Crippen LogP contribution in [0.5, 0.6) is 0 Å². The van der Waals surface area contributed by atoms with Gasteiger partial charge in [-0.2, -0.15) is 0 Å². The van der Waals surface area contributed by atoms with Crippen LogP contribution in [0.3, 0.4) is 0 Å². The predicted octanol–water partition coefficient (Wildman–Crippen LogP) is 3.60. The van der Waals surface area contributed by atoms with Crippen LogP contribution in [0.4, 0.5) is 5.69 Å². The summed E-state index contributed by atoms with van der Waals surface area (Å²) in [7, 11) is 1.82. The first-order valence-corrected chi connectivity index (χ1v) is 8.30. The Morgan fingerprint density at radius 2 is 2.24 bits per heavy atom. The Morgan fingerprint density at radius 1 is 1.43 bits per heavy atom. The molecule has 1 aromatic carbocycles. The number of halogens is 1. The largest absolute Gasteiger partial charge is 0.377 e. The fourth-order valence-corrected chi connectivity index (χ4v) is 3.37. The molecule has 1 aliphatic heterocycles. The minimum Gasteiger partial charge on any atom is -0.377 e. The lowest BCUT2D eigenvalue weighted by molar-refractivity contribution is -0.00468. The first-order valence-electron chi connectivity index (χ1n) is 7.92. The summed E-state index contributed by atoms with van der Waals surface area (Å²) in [6, 6.07) is 6.93. The van der Waals surface area contributed by atoms with Crippen LogP contribution < -0.4 is 10.2 Å². The third-order valence-electron chi connectivity index (χ3n) is 4.73. The molecule has 0 radical (unpaired) electrons. The van der Waals surface area contributed by atoms with Crippen molar-refractivity contribution in [3.8, 4) is 0 Å². The Balaban J connectivity index is 1.81. The fraction of sp³-hybridized carbons (Fsp3) is 0.647. The molecule has 1 unspecified atom stereocenters. The third-order valence-corrected chi connectivity index (χ3v) is 5.09. The Labute approximate surface area is 132 Å². The van der Waals surface area contributed by atoms with Gasteiger partial charge in [0, 0.05) is 49.1 Å². The van der Waals surface area contributed by atoms with Crippen molar-refractivity contribution in [2.45, 2.75) is 50.8 Å². The fourth-order valence-electron chi connectivity index (χ4n) is 3.13. The maximum atomic E-state index is 6.46. The number of piperidine rings is 1. The lowest BCUT2D eigenvalue weighted by Gasteiger charge is -2.41. The van der Waals surface area contributed by atoms with E-state index in [2.05, 4.69) is 29.3 Å². The summed E-state index contributed by atoms with van der Waals surface area (Å²) in [5, 5.41) is 4.45. The molecule has 1 saturated heterocycles. The number of hydrogen-bond donors (Lipinski definition) is 1. The molecule has 1 aromatic rings. The van der Waals surface area contributed by atoms with E-state index in [1.807, 2.05) is 13.2 Å². The maximum absolute atomic E-state index is 6.46. The Bertz CT molecular complexity index is 504. The Hall–Kier alpha value is -0.770. The summed E-state index contributed by atoms with van der Waals surface area (Å²) in [4.78, 5) is 2.43. The van der Waals surface area contributed by atoms with Crippen LogP contribution in [0, 0.1) is 0 Å². The van der Waals surface area contributed by atoms with Crippen molar-refractivity contribution in [2.75, 3.05) is 25.1 Å². The van der Waals surface area contributed by atoms with Gasteiger partial charge < -0.3 is 15.0 Å². The van der Waals surface area contributed by atoms with Crippen molar-refractivity contribution in [3.05, 3.63) is 28.8 Å². The minimum absolute atomic E-state index is 0.0538. The number of anilines is 1. The van der Waals surface area contributed by atoms with Crippen LogP contribution in [0.25, 0.3) is 0 Å². The smallest absolute Gasteiger partial charge is 0.0825 e. The van der Waals surface area contributed by atoms with Crippen LogP contribution in [0.2, 0.25) is 5.02 Å². The summed E-state index contributed by atoms with van der Waals surface area (Å²) < 4.78 is 5.72. The molecule has 0 amide bonds. The molecular formula is C17H25ClN2O. The highest BCUT2D eigenvalue weighted by Gasteiger charge is 2.32. The van der Waals surface area contributed by atoms with E-state index in [1.165, 1.54) is 24.1 Å². The van der Waals surface area contributed by atoms with Crippen LogP contribution in [0.1, 0.15) is 38.2 Å². The minimum atomic E-state index is -0.0538. The van der Waals surface area contributed by atoms with Crippen molar-refractivity contribution in [1.82, 2.24) is 5.32 Å². The molecular weight excluding hydrogens is 284 g/mol. The van der Waals surface area contributed by atoms with E-state index in [1.54, 1.807) is 0 Å². The van der Waals surface area contributed by atoms with Gasteiger partial charge in [0.25, 0.3) is 0 Å². The summed E-state index contributed by atoms with van der Waals surface area (Å²) in [5.74, 6) is 0. The molecule has 2 fully saturated rings. The topological polar surface area (TPSA) is 24.5 Å². The van der Waals surface area contributed by atoms with E-state index in [4.69, 9.17) is 16.3 Å². The SMILES string of the molecule is COC1(C)CCCN(c2cccc(Cl)c2CNC2CC2)C1. The molecule has 0 aromatic heterocycles. The lowest BCUT2D eigenvalue weighted by atomic mass is 9.94. The molecule has 21 heavy (non-hydrogen) atoms. The molecule has 0 spiro atoms. The van der Waals surface area contributed by atoms with E-state index < -0.39 is 0 Å². The highest BCUT2D eigenvalue weighted by atomic mass is 35.5. The zero-order valence-corrected chi connectivity index (χ0v) is 13.7. The van der Waals surface area contributed by atoms with Crippen molar-refractivity contribution < 1.29 is 4.74 Å². The van der Waals surface area contributed by atoms with Crippen molar-refractivity contribution in [1.29, 1.82) is 0 Å². The molecule has 1 saturated carbocycles. The highest BCUT2D eigenvalue weighted by molar-refractivity contribution is 6.31. The van der Waals surface area contributed by atoms with Crippen molar-refractivity contribution in [2.24, 2.45) is 0 Å². The van der Waals surface area contributed by atoms with E-state index >= 15 is 0 Å². The van der Waals surface area contributed by atoms with Gasteiger partial charge in [0.05, 0.1) is 5.60 Å². The third kappa shape index (κ3) is 3.53. The summed E-state index contributed by atoms with van der Waals surface area (Å²) >= 11 is 6.46. The van der Waals surface area contributed by atoms with Gasteiger partial charge in [-0.05, 0) is 44.7 Å². The van der Waals surface area contributed by atoms with Crippen molar-refractivity contribution in [3.63, 3.8) is 0 Å².